The number of hydrogen-bond acceptors (Lipinski definition) is 5. The average Bonchev–Trinajstić information content (AvgIpc) is 3.16. The number of aliphatic hydroxyl groups excluding tert-OH is 1. The van der Waals surface area contributed by atoms with Crippen LogP contribution in [0.1, 0.15) is 68.2 Å². The van der Waals surface area contributed by atoms with Crippen LogP contribution in [0.5, 0.6) is 0 Å². The highest BCUT2D eigenvalue weighted by Gasteiger charge is 2.80. The van der Waals surface area contributed by atoms with Crippen LogP contribution in [-0.2, 0) is 19.1 Å². The zero-order valence-corrected chi connectivity index (χ0v) is 20.8. The lowest BCUT2D eigenvalue weighted by Crippen LogP contribution is -2.61. The van der Waals surface area contributed by atoms with Crippen LogP contribution < -0.4 is 10.6 Å². The molecule has 0 aromatic heterocycles. The highest BCUT2D eigenvalue weighted by atomic mass is 16.5. The van der Waals surface area contributed by atoms with Crippen molar-refractivity contribution in [3.63, 3.8) is 0 Å². The molecule has 0 aromatic rings. The minimum atomic E-state index is -1.09. The van der Waals surface area contributed by atoms with Crippen molar-refractivity contribution in [1.29, 1.82) is 0 Å². The summed E-state index contributed by atoms with van der Waals surface area (Å²) in [6, 6.07) is -1.43. The van der Waals surface area contributed by atoms with Gasteiger partial charge in [0.25, 0.3) is 0 Å². The number of aliphatic hydroxyl groups is 1. The van der Waals surface area contributed by atoms with E-state index in [-0.39, 0.29) is 36.2 Å². The van der Waals surface area contributed by atoms with E-state index in [1.54, 1.807) is 0 Å². The molecule has 3 rings (SSSR count). The van der Waals surface area contributed by atoms with E-state index in [2.05, 4.69) is 10.6 Å². The van der Waals surface area contributed by atoms with Crippen molar-refractivity contribution >= 4 is 17.7 Å². The van der Waals surface area contributed by atoms with Gasteiger partial charge in [0.2, 0.25) is 17.7 Å². The van der Waals surface area contributed by atoms with Crippen LogP contribution in [0.4, 0.5) is 0 Å². The van der Waals surface area contributed by atoms with Crippen LogP contribution in [0, 0.1) is 23.7 Å². The Labute approximate surface area is 191 Å². The lowest BCUT2D eigenvalue weighted by atomic mass is 9.62. The summed E-state index contributed by atoms with van der Waals surface area (Å²) < 4.78 is 6.65. The second-order valence-electron chi connectivity index (χ2n) is 11.5. The van der Waals surface area contributed by atoms with Gasteiger partial charge in [0.05, 0.1) is 30.1 Å². The van der Waals surface area contributed by atoms with Crippen molar-refractivity contribution in [2.75, 3.05) is 13.2 Å². The van der Waals surface area contributed by atoms with Gasteiger partial charge in [-0.25, -0.2) is 0 Å². The van der Waals surface area contributed by atoms with Crippen molar-refractivity contribution in [3.05, 3.63) is 0 Å². The largest absolute Gasteiger partial charge is 0.394 e. The summed E-state index contributed by atoms with van der Waals surface area (Å²) in [5.41, 5.74) is -2.41. The summed E-state index contributed by atoms with van der Waals surface area (Å²) >= 11 is 0. The van der Waals surface area contributed by atoms with Crippen LogP contribution in [0.25, 0.3) is 0 Å². The number of likely N-dealkylation sites (tertiary alicyclic amines) is 1. The lowest BCUT2D eigenvalue weighted by Gasteiger charge is -2.39. The smallest absolute Gasteiger partial charge is 0.246 e. The van der Waals surface area contributed by atoms with Gasteiger partial charge in [-0.15, -0.1) is 0 Å². The number of carbonyl (C=O) groups excluding carboxylic acids is 3. The number of amides is 3. The van der Waals surface area contributed by atoms with Gasteiger partial charge in [-0.05, 0) is 52.4 Å². The van der Waals surface area contributed by atoms with Gasteiger partial charge in [-0.3, -0.25) is 14.4 Å². The minimum absolute atomic E-state index is 0.000407. The molecule has 0 radical (unpaired) electrons. The van der Waals surface area contributed by atoms with E-state index in [0.717, 1.165) is 6.42 Å². The average molecular weight is 452 g/mol. The van der Waals surface area contributed by atoms with Gasteiger partial charge in [0.15, 0.2) is 0 Å². The van der Waals surface area contributed by atoms with E-state index < -0.39 is 40.7 Å². The summed E-state index contributed by atoms with van der Waals surface area (Å²) in [5.74, 6) is -2.24. The molecular formula is C24H41N3O5. The molecule has 7 atom stereocenters. The predicted molar refractivity (Wildman–Crippen MR) is 121 cm³/mol. The van der Waals surface area contributed by atoms with E-state index in [4.69, 9.17) is 4.74 Å². The van der Waals surface area contributed by atoms with Crippen molar-refractivity contribution in [1.82, 2.24) is 15.5 Å². The van der Waals surface area contributed by atoms with Crippen LogP contribution in [-0.4, -0.2) is 69.7 Å². The van der Waals surface area contributed by atoms with Gasteiger partial charge in [0.1, 0.15) is 11.6 Å². The van der Waals surface area contributed by atoms with Gasteiger partial charge in [-0.1, -0.05) is 27.7 Å². The topological polar surface area (TPSA) is 108 Å². The van der Waals surface area contributed by atoms with Gasteiger partial charge >= 0.3 is 0 Å². The number of hydrogen-bond donors (Lipinski definition) is 3. The maximum absolute atomic E-state index is 14.0. The third-order valence-corrected chi connectivity index (χ3v) is 7.64. The number of nitrogens with zero attached hydrogens (tertiary/aromatic N) is 1. The minimum Gasteiger partial charge on any atom is -0.394 e. The van der Waals surface area contributed by atoms with E-state index in [9.17, 15) is 19.5 Å². The van der Waals surface area contributed by atoms with Crippen LogP contribution >= 0.6 is 0 Å². The molecule has 3 saturated heterocycles. The molecule has 8 heteroatoms. The number of fused-ring (bicyclic) bond motifs is 1. The third kappa shape index (κ3) is 3.63. The molecule has 3 heterocycles. The number of nitrogens with one attached hydrogen (secondary N) is 2. The molecule has 3 N–H and O–H groups in total. The Kier molecular flexibility index (Phi) is 6.46. The maximum Gasteiger partial charge on any atom is 0.246 e. The molecule has 3 amide bonds. The number of carbonyl (C=O) groups is 3. The monoisotopic (exact) mass is 451 g/mol. The Bertz CT molecular complexity index is 778. The summed E-state index contributed by atoms with van der Waals surface area (Å²) in [6.07, 6.45) is 1.31. The molecule has 1 spiro atoms. The summed E-state index contributed by atoms with van der Waals surface area (Å²) in [6.45, 7) is 15.7. The third-order valence-electron chi connectivity index (χ3n) is 7.64. The van der Waals surface area contributed by atoms with E-state index in [0.29, 0.717) is 13.0 Å². The molecule has 32 heavy (non-hydrogen) atoms. The van der Waals surface area contributed by atoms with Gasteiger partial charge in [0, 0.05) is 12.1 Å². The SMILES string of the molecule is CCCNC(=O)[C@@H]1[C@H]2C(=O)N([C@@H](CO)C(C)C)C(C(=O)NC(C)(C)C)C23CC(C)[C@@]1(C)O3. The molecule has 0 aliphatic carbocycles. The molecule has 3 aliphatic heterocycles. The lowest BCUT2D eigenvalue weighted by molar-refractivity contribution is -0.152. The molecule has 2 bridgehead atoms. The fourth-order valence-electron chi connectivity index (χ4n) is 6.15. The first kappa shape index (κ1) is 25.0. The first-order chi connectivity index (χ1) is 14.7. The standard InChI is InChI=1S/C24H41N3O5/c1-9-10-25-19(29)16-17-21(31)27(15(12-28)13(2)3)18(20(30)26-22(5,6)7)24(17)11-14(4)23(16,8)32-24/h13-18,28H,9-12H2,1-8H3,(H,25,29)(H,26,30)/t14?,15-,16-,17-,18?,23+,24?/m0/s1. The normalized spacial score (nSPS) is 37.1. The van der Waals surface area contributed by atoms with Crippen LogP contribution in [0.15, 0.2) is 0 Å². The number of rotatable bonds is 7. The molecule has 3 aliphatic rings. The first-order valence-corrected chi connectivity index (χ1v) is 12.0. The quantitative estimate of drug-likeness (QED) is 0.543. The van der Waals surface area contributed by atoms with E-state index >= 15 is 0 Å². The Balaban J connectivity index is 2.14. The van der Waals surface area contributed by atoms with Crippen molar-refractivity contribution in [3.8, 4) is 0 Å². The summed E-state index contributed by atoms with van der Waals surface area (Å²) in [7, 11) is 0. The Morgan fingerprint density at radius 2 is 1.91 bits per heavy atom. The molecule has 8 nitrogen and oxygen atoms in total. The summed E-state index contributed by atoms with van der Waals surface area (Å²) in [4.78, 5) is 42.5. The molecular weight excluding hydrogens is 410 g/mol. The highest BCUT2D eigenvalue weighted by Crippen LogP contribution is 2.65. The van der Waals surface area contributed by atoms with Crippen molar-refractivity contribution in [2.45, 2.75) is 97.1 Å². The van der Waals surface area contributed by atoms with Gasteiger partial charge in [-0.2, -0.15) is 0 Å². The van der Waals surface area contributed by atoms with Crippen LogP contribution in [0.2, 0.25) is 0 Å². The fraction of sp³-hybridized carbons (Fsp3) is 0.875. The molecule has 3 unspecified atom stereocenters. The van der Waals surface area contributed by atoms with E-state index in [1.165, 1.54) is 4.90 Å². The fourth-order valence-corrected chi connectivity index (χ4v) is 6.15. The zero-order valence-electron chi connectivity index (χ0n) is 20.8. The zero-order chi connectivity index (χ0) is 24.2. The van der Waals surface area contributed by atoms with Gasteiger partial charge < -0.3 is 25.4 Å². The molecule has 3 fully saturated rings. The second-order valence-corrected chi connectivity index (χ2v) is 11.5. The second kappa shape index (κ2) is 8.28. The molecule has 0 saturated carbocycles. The maximum atomic E-state index is 14.0. The first-order valence-electron chi connectivity index (χ1n) is 12.0. The number of ether oxygens (including phenoxy) is 1. The van der Waals surface area contributed by atoms with E-state index in [1.807, 2.05) is 55.4 Å². The highest BCUT2D eigenvalue weighted by molar-refractivity contribution is 5.99. The summed E-state index contributed by atoms with van der Waals surface area (Å²) in [5, 5.41) is 16.2. The molecule has 0 aromatic carbocycles. The Hall–Kier alpha value is -1.67. The molecule has 182 valence electrons. The van der Waals surface area contributed by atoms with Crippen LogP contribution in [0.3, 0.4) is 0 Å². The van der Waals surface area contributed by atoms with Crippen molar-refractivity contribution in [2.24, 2.45) is 23.7 Å². The Morgan fingerprint density at radius 1 is 1.28 bits per heavy atom. The predicted octanol–water partition coefficient (Wildman–Crippen LogP) is 1.45. The Morgan fingerprint density at radius 3 is 2.41 bits per heavy atom. The van der Waals surface area contributed by atoms with Crippen molar-refractivity contribution < 1.29 is 24.2 Å².